The Labute approximate surface area is 154 Å². The molecule has 5 heteroatoms. The van der Waals surface area contributed by atoms with Gasteiger partial charge in [0.2, 0.25) is 5.91 Å². The molecule has 0 unspecified atom stereocenters. The van der Waals surface area contributed by atoms with Crippen LogP contribution >= 0.6 is 0 Å². The monoisotopic (exact) mass is 351 g/mol. The van der Waals surface area contributed by atoms with Crippen LogP contribution in [0.2, 0.25) is 0 Å². The zero-order chi connectivity index (χ0) is 18.5. The maximum atomic E-state index is 12.7. The number of benzene rings is 1. The van der Waals surface area contributed by atoms with E-state index in [1.165, 1.54) is 5.56 Å². The fourth-order valence-electron chi connectivity index (χ4n) is 3.31. The van der Waals surface area contributed by atoms with E-state index in [-0.39, 0.29) is 11.8 Å². The standard InChI is InChI=1S/C21H25N3O2/c1-16-4-5-17(2)19(14-16)15-20(25)23-10-3-11-24(13-12-23)21(26)18-6-8-22-9-7-18/h4-9,14H,3,10-13,15H2,1-2H3. The highest BCUT2D eigenvalue weighted by Gasteiger charge is 2.23. The largest absolute Gasteiger partial charge is 0.341 e. The number of pyridine rings is 1. The van der Waals surface area contributed by atoms with Gasteiger partial charge in [0.1, 0.15) is 0 Å². The Bertz CT molecular complexity index is 789. The highest BCUT2D eigenvalue weighted by Crippen LogP contribution is 2.14. The predicted molar refractivity (Wildman–Crippen MR) is 101 cm³/mol. The number of hydrogen-bond donors (Lipinski definition) is 0. The molecule has 2 heterocycles. The molecule has 0 atom stereocenters. The van der Waals surface area contributed by atoms with Gasteiger partial charge in [-0.05, 0) is 43.5 Å². The van der Waals surface area contributed by atoms with E-state index in [0.29, 0.717) is 38.2 Å². The molecule has 1 saturated heterocycles. The summed E-state index contributed by atoms with van der Waals surface area (Å²) in [5.74, 6) is 0.146. The second kappa shape index (κ2) is 8.13. The molecule has 1 aromatic heterocycles. The van der Waals surface area contributed by atoms with Gasteiger partial charge in [-0.25, -0.2) is 0 Å². The van der Waals surface area contributed by atoms with Gasteiger partial charge in [-0.1, -0.05) is 23.8 Å². The van der Waals surface area contributed by atoms with Crippen molar-refractivity contribution in [2.24, 2.45) is 0 Å². The summed E-state index contributed by atoms with van der Waals surface area (Å²) < 4.78 is 0. The van der Waals surface area contributed by atoms with Crippen molar-refractivity contribution in [3.8, 4) is 0 Å². The fourth-order valence-corrected chi connectivity index (χ4v) is 3.31. The molecular weight excluding hydrogens is 326 g/mol. The summed E-state index contributed by atoms with van der Waals surface area (Å²) in [5.41, 5.74) is 4.05. The van der Waals surface area contributed by atoms with Crippen LogP contribution in [0.1, 0.15) is 33.5 Å². The number of carbonyl (C=O) groups excluding carboxylic acids is 2. The first-order valence-corrected chi connectivity index (χ1v) is 9.08. The maximum absolute atomic E-state index is 12.7. The van der Waals surface area contributed by atoms with Crippen LogP contribution in [-0.2, 0) is 11.2 Å². The van der Waals surface area contributed by atoms with Crippen molar-refractivity contribution in [3.63, 3.8) is 0 Å². The second-order valence-corrected chi connectivity index (χ2v) is 6.87. The predicted octanol–water partition coefficient (Wildman–Crippen LogP) is 2.62. The molecule has 2 amide bonds. The maximum Gasteiger partial charge on any atom is 0.254 e. The molecule has 1 aliphatic heterocycles. The minimum absolute atomic E-state index is 0.0104. The Morgan fingerprint density at radius 3 is 2.42 bits per heavy atom. The summed E-state index contributed by atoms with van der Waals surface area (Å²) >= 11 is 0. The SMILES string of the molecule is Cc1ccc(C)c(CC(=O)N2CCCN(C(=O)c3ccncc3)CC2)c1. The summed E-state index contributed by atoms with van der Waals surface area (Å²) in [6, 6.07) is 9.69. The van der Waals surface area contributed by atoms with E-state index in [2.05, 4.69) is 23.2 Å². The van der Waals surface area contributed by atoms with Crippen molar-refractivity contribution in [3.05, 3.63) is 65.0 Å². The summed E-state index contributed by atoms with van der Waals surface area (Å²) in [7, 11) is 0. The van der Waals surface area contributed by atoms with Gasteiger partial charge in [0.05, 0.1) is 6.42 Å². The zero-order valence-electron chi connectivity index (χ0n) is 15.4. The zero-order valence-corrected chi connectivity index (χ0v) is 15.4. The highest BCUT2D eigenvalue weighted by molar-refractivity contribution is 5.94. The van der Waals surface area contributed by atoms with Crippen LogP contribution in [0.15, 0.2) is 42.7 Å². The van der Waals surface area contributed by atoms with E-state index < -0.39 is 0 Å². The van der Waals surface area contributed by atoms with E-state index in [1.54, 1.807) is 24.5 Å². The van der Waals surface area contributed by atoms with Crippen molar-refractivity contribution >= 4 is 11.8 Å². The number of nitrogens with zero attached hydrogens (tertiary/aromatic N) is 3. The van der Waals surface area contributed by atoms with Crippen molar-refractivity contribution < 1.29 is 9.59 Å². The van der Waals surface area contributed by atoms with Crippen LogP contribution in [-0.4, -0.2) is 52.8 Å². The van der Waals surface area contributed by atoms with E-state index in [1.807, 2.05) is 23.6 Å². The van der Waals surface area contributed by atoms with Crippen molar-refractivity contribution in [1.29, 1.82) is 0 Å². The normalized spacial score (nSPS) is 14.8. The van der Waals surface area contributed by atoms with Crippen LogP contribution in [0.5, 0.6) is 0 Å². The number of carbonyl (C=O) groups is 2. The molecule has 0 radical (unpaired) electrons. The van der Waals surface area contributed by atoms with Crippen LogP contribution in [0.4, 0.5) is 0 Å². The van der Waals surface area contributed by atoms with Gasteiger partial charge in [0.25, 0.3) is 5.91 Å². The van der Waals surface area contributed by atoms with Gasteiger partial charge in [-0.3, -0.25) is 14.6 Å². The van der Waals surface area contributed by atoms with Gasteiger partial charge in [-0.15, -0.1) is 0 Å². The lowest BCUT2D eigenvalue weighted by Crippen LogP contribution is -2.38. The number of rotatable bonds is 3. The molecule has 0 aliphatic carbocycles. The van der Waals surface area contributed by atoms with Crippen molar-refractivity contribution in [2.45, 2.75) is 26.7 Å². The van der Waals surface area contributed by atoms with Gasteiger partial charge in [-0.2, -0.15) is 0 Å². The summed E-state index contributed by atoms with van der Waals surface area (Å²) in [6.45, 7) is 6.61. The third-order valence-corrected chi connectivity index (χ3v) is 4.91. The Morgan fingerprint density at radius 1 is 0.962 bits per heavy atom. The minimum atomic E-state index is 0.0104. The van der Waals surface area contributed by atoms with Crippen LogP contribution < -0.4 is 0 Å². The molecule has 1 aliphatic rings. The molecule has 0 spiro atoms. The lowest BCUT2D eigenvalue weighted by atomic mass is 10.0. The average Bonchev–Trinajstić information content (AvgIpc) is 2.91. The quantitative estimate of drug-likeness (QED) is 0.854. The Balaban J connectivity index is 1.62. The number of hydrogen-bond acceptors (Lipinski definition) is 3. The van der Waals surface area contributed by atoms with Gasteiger partial charge >= 0.3 is 0 Å². The van der Waals surface area contributed by atoms with Gasteiger partial charge < -0.3 is 9.80 Å². The van der Waals surface area contributed by atoms with Crippen LogP contribution in [0, 0.1) is 13.8 Å². The third-order valence-electron chi connectivity index (χ3n) is 4.91. The molecule has 0 N–H and O–H groups in total. The first-order chi connectivity index (χ1) is 12.5. The lowest BCUT2D eigenvalue weighted by Gasteiger charge is -2.22. The molecule has 1 aromatic carbocycles. The van der Waals surface area contributed by atoms with Gasteiger partial charge in [0.15, 0.2) is 0 Å². The first kappa shape index (κ1) is 18.1. The minimum Gasteiger partial charge on any atom is -0.341 e. The molecule has 0 saturated carbocycles. The number of aryl methyl sites for hydroxylation is 2. The molecular formula is C21H25N3O2. The van der Waals surface area contributed by atoms with E-state index in [4.69, 9.17) is 0 Å². The lowest BCUT2D eigenvalue weighted by molar-refractivity contribution is -0.130. The molecule has 136 valence electrons. The molecule has 1 fully saturated rings. The van der Waals surface area contributed by atoms with E-state index >= 15 is 0 Å². The third kappa shape index (κ3) is 4.28. The van der Waals surface area contributed by atoms with Gasteiger partial charge in [0, 0.05) is 44.1 Å². The first-order valence-electron chi connectivity index (χ1n) is 9.08. The highest BCUT2D eigenvalue weighted by atomic mass is 16.2. The van der Waals surface area contributed by atoms with Crippen molar-refractivity contribution in [2.75, 3.05) is 26.2 Å². The summed E-state index contributed by atoms with van der Waals surface area (Å²) in [6.07, 6.45) is 4.48. The summed E-state index contributed by atoms with van der Waals surface area (Å²) in [5, 5.41) is 0. The van der Waals surface area contributed by atoms with E-state index in [9.17, 15) is 9.59 Å². The number of aromatic nitrogens is 1. The Morgan fingerprint density at radius 2 is 1.65 bits per heavy atom. The summed E-state index contributed by atoms with van der Waals surface area (Å²) in [4.78, 5) is 33.0. The molecule has 2 aromatic rings. The van der Waals surface area contributed by atoms with Crippen LogP contribution in [0.25, 0.3) is 0 Å². The Kier molecular flexibility index (Phi) is 5.66. The molecule has 3 rings (SSSR count). The fraction of sp³-hybridized carbons (Fsp3) is 0.381. The van der Waals surface area contributed by atoms with Crippen LogP contribution in [0.3, 0.4) is 0 Å². The Hall–Kier alpha value is -2.69. The smallest absolute Gasteiger partial charge is 0.254 e. The topological polar surface area (TPSA) is 53.5 Å². The molecule has 0 bridgehead atoms. The number of amides is 2. The average molecular weight is 351 g/mol. The van der Waals surface area contributed by atoms with Crippen molar-refractivity contribution in [1.82, 2.24) is 14.8 Å². The van der Waals surface area contributed by atoms with E-state index in [0.717, 1.165) is 17.5 Å². The second-order valence-electron chi connectivity index (χ2n) is 6.87. The molecule has 5 nitrogen and oxygen atoms in total. The molecule has 26 heavy (non-hydrogen) atoms.